The van der Waals surface area contributed by atoms with Crippen molar-refractivity contribution in [1.29, 1.82) is 0 Å². The minimum atomic E-state index is -4.73. The maximum atomic E-state index is 13.8. The second-order valence-corrected chi connectivity index (χ2v) is 4.39. The van der Waals surface area contributed by atoms with Crippen molar-refractivity contribution in [3.05, 3.63) is 46.4 Å². The van der Waals surface area contributed by atoms with Gasteiger partial charge in [-0.3, -0.25) is 0 Å². The zero-order chi connectivity index (χ0) is 17.0. The highest BCUT2D eigenvalue weighted by atomic mass is 19.3. The van der Waals surface area contributed by atoms with Crippen LogP contribution < -0.4 is 11.5 Å². The fourth-order valence-electron chi connectivity index (χ4n) is 1.87. The van der Waals surface area contributed by atoms with E-state index < -0.39 is 63.7 Å². The third kappa shape index (κ3) is 2.01. The highest BCUT2D eigenvalue weighted by Crippen LogP contribution is 2.47. The van der Waals surface area contributed by atoms with Gasteiger partial charge in [-0.2, -0.15) is 8.78 Å². The predicted octanol–water partition coefficient (Wildman–Crippen LogP) is 3.49. The van der Waals surface area contributed by atoms with Crippen LogP contribution in [0.25, 0.3) is 5.57 Å². The Morgan fingerprint density at radius 3 is 2.00 bits per heavy atom. The van der Waals surface area contributed by atoms with Crippen molar-refractivity contribution in [2.75, 3.05) is 5.73 Å². The first-order valence-corrected chi connectivity index (χ1v) is 5.52. The van der Waals surface area contributed by atoms with Gasteiger partial charge in [-0.05, 0) is 6.07 Å². The first-order chi connectivity index (χ1) is 10.0. The summed E-state index contributed by atoms with van der Waals surface area (Å²) in [7, 11) is 0. The van der Waals surface area contributed by atoms with Crippen LogP contribution in [-0.4, -0.2) is 12.1 Å². The molecule has 1 aliphatic carbocycles. The predicted molar refractivity (Wildman–Crippen MR) is 60.9 cm³/mol. The summed E-state index contributed by atoms with van der Waals surface area (Å²) in [5, 5.41) is 0. The topological polar surface area (TPSA) is 52.0 Å². The molecule has 0 aliphatic heterocycles. The van der Waals surface area contributed by atoms with Gasteiger partial charge in [0.15, 0.2) is 29.5 Å². The van der Waals surface area contributed by atoms with Crippen LogP contribution in [-0.2, 0) is 0 Å². The zero-order valence-corrected chi connectivity index (χ0v) is 10.3. The van der Waals surface area contributed by atoms with Crippen LogP contribution in [0.5, 0.6) is 0 Å². The van der Waals surface area contributed by atoms with Crippen molar-refractivity contribution >= 4 is 11.3 Å². The molecule has 0 radical (unpaired) electrons. The van der Waals surface area contributed by atoms with Crippen LogP contribution in [0.2, 0.25) is 0 Å². The van der Waals surface area contributed by atoms with Crippen LogP contribution in [0.15, 0.2) is 23.4 Å². The molecule has 22 heavy (non-hydrogen) atoms. The first-order valence-electron chi connectivity index (χ1n) is 5.52. The van der Waals surface area contributed by atoms with Gasteiger partial charge in [0.2, 0.25) is 0 Å². The lowest BCUT2D eigenvalue weighted by atomic mass is 9.89. The van der Waals surface area contributed by atoms with E-state index in [-0.39, 0.29) is 6.07 Å². The second-order valence-electron chi connectivity index (χ2n) is 4.39. The largest absolute Gasteiger partial charge is 0.395 e. The van der Waals surface area contributed by atoms with E-state index in [0.717, 1.165) is 0 Å². The van der Waals surface area contributed by atoms with Crippen LogP contribution in [0.1, 0.15) is 5.56 Å². The molecule has 0 saturated heterocycles. The molecule has 0 bridgehead atoms. The lowest BCUT2D eigenvalue weighted by molar-refractivity contribution is -0.0203. The Kier molecular flexibility index (Phi) is 3.58. The number of rotatable bonds is 1. The molecule has 1 aromatic carbocycles. The normalized spacial score (nSPS) is 21.5. The molecule has 1 aliphatic rings. The molecule has 120 valence electrons. The molecule has 0 spiro atoms. The Morgan fingerprint density at radius 1 is 0.909 bits per heavy atom. The highest BCUT2D eigenvalue weighted by Gasteiger charge is 2.53. The number of hydrogen-bond donors (Lipinski definition) is 2. The Balaban J connectivity index is 2.82. The summed E-state index contributed by atoms with van der Waals surface area (Å²) in [5.74, 6) is -15.2. The van der Waals surface area contributed by atoms with Crippen LogP contribution >= 0.6 is 0 Å². The average molecular weight is 330 g/mol. The molecule has 0 saturated carbocycles. The SMILES string of the molecule is NC1=C(F)C(F)=C(c2cc(F)c(N)c(F)c2F)C(F)C1(F)F. The van der Waals surface area contributed by atoms with Gasteiger partial charge in [0.1, 0.15) is 17.2 Å². The summed E-state index contributed by atoms with van der Waals surface area (Å²) in [5.41, 5.74) is 2.56. The number of benzene rings is 1. The number of nitrogen functional groups attached to an aromatic ring is 1. The van der Waals surface area contributed by atoms with E-state index >= 15 is 0 Å². The fourth-order valence-corrected chi connectivity index (χ4v) is 1.87. The second kappa shape index (κ2) is 4.89. The molecule has 0 aromatic heterocycles. The van der Waals surface area contributed by atoms with Gasteiger partial charge in [-0.1, -0.05) is 0 Å². The lowest BCUT2D eigenvalue weighted by Crippen LogP contribution is -2.40. The quantitative estimate of drug-likeness (QED) is 0.470. The number of nitrogens with two attached hydrogens (primary N) is 2. The van der Waals surface area contributed by atoms with E-state index in [1.54, 1.807) is 0 Å². The van der Waals surface area contributed by atoms with E-state index in [4.69, 9.17) is 5.73 Å². The van der Waals surface area contributed by atoms with Crippen LogP contribution in [0.4, 0.5) is 40.8 Å². The van der Waals surface area contributed by atoms with Crippen molar-refractivity contribution in [1.82, 2.24) is 0 Å². The van der Waals surface area contributed by atoms with E-state index in [0.29, 0.717) is 0 Å². The Morgan fingerprint density at radius 2 is 1.45 bits per heavy atom. The number of anilines is 1. The molecule has 1 atom stereocenters. The standard InChI is InChI=1S/C12H6F8N2/c13-3-1-2(5(14)7(16)9(3)21)4-6(15)8(17)11(22)12(19,20)10(4)18/h1,10H,21-22H2. The third-order valence-corrected chi connectivity index (χ3v) is 3.08. The maximum Gasteiger partial charge on any atom is 0.324 e. The van der Waals surface area contributed by atoms with E-state index in [1.807, 2.05) is 0 Å². The molecule has 2 rings (SSSR count). The summed E-state index contributed by atoms with van der Waals surface area (Å²) in [6, 6.07) is -0.0138. The van der Waals surface area contributed by atoms with Crippen molar-refractivity contribution in [2.45, 2.75) is 12.1 Å². The van der Waals surface area contributed by atoms with Crippen molar-refractivity contribution < 1.29 is 35.1 Å². The smallest absolute Gasteiger partial charge is 0.324 e. The maximum absolute atomic E-state index is 13.8. The minimum absolute atomic E-state index is 0.0138. The molecular weight excluding hydrogens is 324 g/mol. The van der Waals surface area contributed by atoms with E-state index in [1.165, 1.54) is 0 Å². The summed E-state index contributed by atoms with van der Waals surface area (Å²) < 4.78 is 108. The number of halogens is 8. The summed E-state index contributed by atoms with van der Waals surface area (Å²) in [4.78, 5) is 0. The monoisotopic (exact) mass is 330 g/mol. The Bertz CT molecular complexity index is 722. The van der Waals surface area contributed by atoms with Crippen molar-refractivity contribution in [3.63, 3.8) is 0 Å². The zero-order valence-electron chi connectivity index (χ0n) is 10.3. The number of allylic oxidation sites excluding steroid dienone is 4. The third-order valence-electron chi connectivity index (χ3n) is 3.08. The lowest BCUT2D eigenvalue weighted by Gasteiger charge is -2.28. The summed E-state index contributed by atoms with van der Waals surface area (Å²) in [6.07, 6.45) is -3.65. The van der Waals surface area contributed by atoms with E-state index in [2.05, 4.69) is 5.73 Å². The molecule has 0 heterocycles. The Labute approximate surface area is 117 Å². The first kappa shape index (κ1) is 16.1. The van der Waals surface area contributed by atoms with Crippen molar-refractivity contribution in [3.8, 4) is 0 Å². The summed E-state index contributed by atoms with van der Waals surface area (Å²) in [6.45, 7) is 0. The van der Waals surface area contributed by atoms with Gasteiger partial charge in [-0.25, -0.2) is 26.3 Å². The number of hydrogen-bond acceptors (Lipinski definition) is 2. The van der Waals surface area contributed by atoms with Gasteiger partial charge >= 0.3 is 5.92 Å². The molecule has 0 fully saturated rings. The van der Waals surface area contributed by atoms with Crippen molar-refractivity contribution in [2.24, 2.45) is 5.73 Å². The average Bonchev–Trinajstić information content (AvgIpc) is 2.47. The van der Waals surface area contributed by atoms with E-state index in [9.17, 15) is 35.1 Å². The van der Waals surface area contributed by atoms with Crippen LogP contribution in [0.3, 0.4) is 0 Å². The summed E-state index contributed by atoms with van der Waals surface area (Å²) >= 11 is 0. The Hall–Kier alpha value is -2.26. The fraction of sp³-hybridized carbons (Fsp3) is 0.167. The van der Waals surface area contributed by atoms with Gasteiger partial charge in [0.25, 0.3) is 0 Å². The molecule has 4 N–H and O–H groups in total. The number of alkyl halides is 3. The molecule has 1 unspecified atom stereocenters. The molecule has 2 nitrogen and oxygen atoms in total. The molecular formula is C12H6F8N2. The molecule has 1 aromatic rings. The minimum Gasteiger partial charge on any atom is -0.395 e. The van der Waals surface area contributed by atoms with Gasteiger partial charge in [-0.15, -0.1) is 0 Å². The highest BCUT2D eigenvalue weighted by molar-refractivity contribution is 5.78. The molecule has 0 amide bonds. The van der Waals surface area contributed by atoms with Gasteiger partial charge in [0.05, 0.1) is 0 Å². The van der Waals surface area contributed by atoms with Gasteiger partial charge < -0.3 is 11.5 Å². The van der Waals surface area contributed by atoms with Gasteiger partial charge in [0, 0.05) is 11.1 Å². The van der Waals surface area contributed by atoms with Crippen LogP contribution in [0, 0.1) is 17.5 Å². The molecule has 10 heteroatoms.